The predicted octanol–water partition coefficient (Wildman–Crippen LogP) is 4.52. The maximum absolute atomic E-state index is 13.8. The summed E-state index contributed by atoms with van der Waals surface area (Å²) in [6, 6.07) is 12.1. The van der Waals surface area contributed by atoms with Crippen LogP contribution < -0.4 is 0 Å². The van der Waals surface area contributed by atoms with Crippen LogP contribution in [0.3, 0.4) is 0 Å². The van der Waals surface area contributed by atoms with Gasteiger partial charge in [-0.3, -0.25) is 4.57 Å². The second kappa shape index (κ2) is 6.38. The van der Waals surface area contributed by atoms with Crippen LogP contribution in [0.5, 0.6) is 0 Å². The van der Waals surface area contributed by atoms with E-state index in [1.165, 1.54) is 18.1 Å². The van der Waals surface area contributed by atoms with Crippen molar-refractivity contribution >= 4 is 22.7 Å². The van der Waals surface area contributed by atoms with E-state index in [1.807, 2.05) is 34.9 Å². The highest BCUT2D eigenvalue weighted by molar-refractivity contribution is 7.99. The Balaban J connectivity index is 1.63. The van der Waals surface area contributed by atoms with Gasteiger partial charge in [0.15, 0.2) is 11.6 Å². The molecule has 0 spiro atoms. The van der Waals surface area contributed by atoms with Crippen LogP contribution >= 0.6 is 11.8 Å². The van der Waals surface area contributed by atoms with Crippen molar-refractivity contribution in [3.63, 3.8) is 0 Å². The van der Waals surface area contributed by atoms with Gasteiger partial charge in [-0.2, -0.15) is 0 Å². The zero-order valence-electron chi connectivity index (χ0n) is 14.0. The van der Waals surface area contributed by atoms with Crippen LogP contribution in [-0.4, -0.2) is 24.7 Å². The van der Waals surface area contributed by atoms with Crippen molar-refractivity contribution in [2.24, 2.45) is 0 Å². The average Bonchev–Trinajstić information content (AvgIpc) is 3.44. The van der Waals surface area contributed by atoms with Crippen molar-refractivity contribution in [2.45, 2.75) is 28.9 Å². The molecule has 134 valence electrons. The number of halogens is 2. The summed E-state index contributed by atoms with van der Waals surface area (Å²) >= 11 is 1.27. The van der Waals surface area contributed by atoms with Gasteiger partial charge in [0, 0.05) is 23.1 Å². The van der Waals surface area contributed by atoms with Gasteiger partial charge in [-0.15, -0.1) is 10.2 Å². The first-order valence-electron chi connectivity index (χ1n) is 8.49. The molecular weight excluding hydrogens is 368 g/mol. The fourth-order valence-electron chi connectivity index (χ4n) is 2.97. The largest absolute Gasteiger partial charge is 0.273 e. The van der Waals surface area contributed by atoms with Crippen molar-refractivity contribution in [3.8, 4) is 5.69 Å². The van der Waals surface area contributed by atoms with Crippen LogP contribution in [-0.2, 0) is 0 Å². The molecule has 0 unspecified atom stereocenters. The highest BCUT2D eigenvalue weighted by Gasteiger charge is 2.31. The fraction of sp³-hybridized carbons (Fsp3) is 0.158. The standard InChI is InChI=1S/C19H13F2N5S/c20-14-8-13-16(9-15(14)21)22-10-23-18(13)27-19-25-24-17(11-6-7-11)26(19)12-4-2-1-3-5-12/h1-5,8-11H,6-7H2. The average molecular weight is 381 g/mol. The maximum Gasteiger partial charge on any atom is 0.202 e. The Kier molecular flexibility index (Phi) is 3.86. The lowest BCUT2D eigenvalue weighted by Gasteiger charge is -2.10. The summed E-state index contributed by atoms with van der Waals surface area (Å²) in [4.78, 5) is 8.29. The zero-order valence-corrected chi connectivity index (χ0v) is 14.8. The normalized spacial score (nSPS) is 14.0. The molecule has 0 N–H and O–H groups in total. The van der Waals surface area contributed by atoms with Crippen molar-refractivity contribution in [1.82, 2.24) is 24.7 Å². The topological polar surface area (TPSA) is 56.5 Å². The SMILES string of the molecule is Fc1cc2ncnc(Sc3nnc(C4CC4)n3-c3ccccc3)c2cc1F. The lowest BCUT2D eigenvalue weighted by Crippen LogP contribution is -2.01. The number of aromatic nitrogens is 5. The van der Waals surface area contributed by atoms with Crippen LogP contribution in [0.25, 0.3) is 16.6 Å². The van der Waals surface area contributed by atoms with Crippen LogP contribution in [0.15, 0.2) is 59.0 Å². The number of benzene rings is 2. The summed E-state index contributed by atoms with van der Waals surface area (Å²) in [5.41, 5.74) is 1.31. The summed E-state index contributed by atoms with van der Waals surface area (Å²) < 4.78 is 29.3. The van der Waals surface area contributed by atoms with Crippen LogP contribution in [0.2, 0.25) is 0 Å². The number of fused-ring (bicyclic) bond motifs is 1. The molecule has 4 aromatic rings. The van der Waals surface area contributed by atoms with Crippen LogP contribution in [0.4, 0.5) is 8.78 Å². The Labute approximate surface area is 157 Å². The van der Waals surface area contributed by atoms with E-state index in [4.69, 9.17) is 0 Å². The third-order valence-corrected chi connectivity index (χ3v) is 5.41. The molecule has 0 bridgehead atoms. The molecule has 1 aliphatic rings. The van der Waals surface area contributed by atoms with E-state index in [0.717, 1.165) is 36.5 Å². The number of hydrogen-bond donors (Lipinski definition) is 0. The summed E-state index contributed by atoms with van der Waals surface area (Å²) in [5.74, 6) is -0.539. The van der Waals surface area contributed by atoms with Crippen LogP contribution in [0, 0.1) is 11.6 Å². The second-order valence-corrected chi connectivity index (χ2v) is 7.31. The Morgan fingerprint density at radius 2 is 1.74 bits per heavy atom. The first kappa shape index (κ1) is 16.3. The smallest absolute Gasteiger partial charge is 0.202 e. The van der Waals surface area contributed by atoms with Gasteiger partial charge in [-0.1, -0.05) is 18.2 Å². The van der Waals surface area contributed by atoms with Gasteiger partial charge in [-0.25, -0.2) is 18.7 Å². The fourth-order valence-corrected chi connectivity index (χ4v) is 3.89. The minimum absolute atomic E-state index is 0.347. The molecular formula is C19H13F2N5S. The molecule has 2 aromatic heterocycles. The predicted molar refractivity (Wildman–Crippen MR) is 96.9 cm³/mol. The van der Waals surface area contributed by atoms with Gasteiger partial charge >= 0.3 is 0 Å². The minimum atomic E-state index is -0.930. The van der Waals surface area contributed by atoms with E-state index in [2.05, 4.69) is 20.2 Å². The molecule has 0 saturated heterocycles. The van der Waals surface area contributed by atoms with E-state index in [0.29, 0.717) is 27.0 Å². The quantitative estimate of drug-likeness (QED) is 0.487. The minimum Gasteiger partial charge on any atom is -0.273 e. The van der Waals surface area contributed by atoms with E-state index in [-0.39, 0.29) is 0 Å². The Bertz CT molecular complexity index is 1140. The first-order valence-corrected chi connectivity index (χ1v) is 9.30. The first-order chi connectivity index (χ1) is 13.2. The van der Waals surface area contributed by atoms with Gasteiger partial charge < -0.3 is 0 Å². The van der Waals surface area contributed by atoms with Crippen molar-refractivity contribution in [1.29, 1.82) is 0 Å². The Hall–Kier alpha value is -2.87. The molecule has 0 amide bonds. The van der Waals surface area contributed by atoms with Gasteiger partial charge in [-0.05, 0) is 42.8 Å². The number of para-hydroxylation sites is 1. The summed E-state index contributed by atoms with van der Waals surface area (Å²) in [7, 11) is 0. The van der Waals surface area contributed by atoms with Crippen molar-refractivity contribution < 1.29 is 8.78 Å². The van der Waals surface area contributed by atoms with E-state index < -0.39 is 11.6 Å². The van der Waals surface area contributed by atoms with Gasteiger partial charge in [0.2, 0.25) is 5.16 Å². The lowest BCUT2D eigenvalue weighted by atomic mass is 10.2. The van der Waals surface area contributed by atoms with Crippen molar-refractivity contribution in [3.05, 3.63) is 66.3 Å². The molecule has 0 aliphatic heterocycles. The molecule has 1 aliphatic carbocycles. The summed E-state index contributed by atoms with van der Waals surface area (Å²) in [6.45, 7) is 0. The molecule has 0 atom stereocenters. The number of hydrogen-bond acceptors (Lipinski definition) is 5. The molecule has 0 radical (unpaired) electrons. The summed E-state index contributed by atoms with van der Waals surface area (Å²) in [6.07, 6.45) is 3.53. The molecule has 1 saturated carbocycles. The van der Waals surface area contributed by atoms with Gasteiger partial charge in [0.05, 0.1) is 5.52 Å². The zero-order chi connectivity index (χ0) is 18.4. The molecule has 2 aromatic carbocycles. The second-order valence-electron chi connectivity index (χ2n) is 6.35. The van der Waals surface area contributed by atoms with Crippen molar-refractivity contribution in [2.75, 3.05) is 0 Å². The van der Waals surface area contributed by atoms with E-state index in [9.17, 15) is 8.78 Å². The number of rotatable bonds is 4. The lowest BCUT2D eigenvalue weighted by molar-refractivity contribution is 0.510. The molecule has 5 rings (SSSR count). The third kappa shape index (κ3) is 2.95. The Morgan fingerprint density at radius 1 is 0.963 bits per heavy atom. The highest BCUT2D eigenvalue weighted by atomic mass is 32.2. The van der Waals surface area contributed by atoms with Gasteiger partial charge in [0.25, 0.3) is 0 Å². The summed E-state index contributed by atoms with van der Waals surface area (Å²) in [5, 5.41) is 10.3. The van der Waals surface area contributed by atoms with Crippen LogP contribution in [0.1, 0.15) is 24.6 Å². The van der Waals surface area contributed by atoms with Gasteiger partial charge in [0.1, 0.15) is 17.2 Å². The highest BCUT2D eigenvalue weighted by Crippen LogP contribution is 2.42. The molecule has 8 heteroatoms. The molecule has 27 heavy (non-hydrogen) atoms. The monoisotopic (exact) mass is 381 g/mol. The van der Waals surface area contributed by atoms with E-state index >= 15 is 0 Å². The number of nitrogens with zero attached hydrogens (tertiary/aromatic N) is 5. The third-order valence-electron chi connectivity index (χ3n) is 4.44. The molecule has 5 nitrogen and oxygen atoms in total. The molecule has 2 heterocycles. The maximum atomic E-state index is 13.8. The molecule has 1 fully saturated rings. The van der Waals surface area contributed by atoms with E-state index in [1.54, 1.807) is 0 Å². The Morgan fingerprint density at radius 3 is 2.52 bits per heavy atom.